The SMILES string of the molecule is O=C(NCc1ccc2c(c1)OCO2)C1COC2(CCN(C(=O)c3ccc(Cl)c(Cl)c3)CC2)N1C(=O)c1ccccc1. The molecule has 11 heteroatoms. The molecule has 1 unspecified atom stereocenters. The highest BCUT2D eigenvalue weighted by Crippen LogP contribution is 2.39. The molecule has 0 aliphatic carbocycles. The number of hydrogen-bond donors (Lipinski definition) is 1. The Bertz CT molecular complexity index is 1490. The standard InChI is InChI=1S/C30H27Cl2N3O6/c31-22-8-7-21(15-23(22)32)28(37)34-12-10-30(11-13-34)35(29(38)20-4-2-1-3-5-20)24(17-41-30)27(36)33-16-19-6-9-25-26(14-19)40-18-39-25/h1-9,14-15,24H,10-13,16-18H2,(H,33,36). The van der Waals surface area contributed by atoms with Gasteiger partial charge in [0, 0.05) is 43.6 Å². The van der Waals surface area contributed by atoms with Gasteiger partial charge in [0.25, 0.3) is 11.8 Å². The Morgan fingerprint density at radius 2 is 1.61 bits per heavy atom. The van der Waals surface area contributed by atoms with Crippen LogP contribution in [0.1, 0.15) is 39.1 Å². The van der Waals surface area contributed by atoms with E-state index in [0.717, 1.165) is 5.56 Å². The molecule has 0 aromatic heterocycles. The molecule has 0 saturated carbocycles. The van der Waals surface area contributed by atoms with Crippen molar-refractivity contribution in [1.29, 1.82) is 0 Å². The minimum Gasteiger partial charge on any atom is -0.454 e. The first kappa shape index (κ1) is 27.4. The molecule has 3 aliphatic heterocycles. The Kier molecular flexibility index (Phi) is 7.50. The summed E-state index contributed by atoms with van der Waals surface area (Å²) in [6.07, 6.45) is 0.704. The zero-order chi connectivity index (χ0) is 28.6. The van der Waals surface area contributed by atoms with Crippen molar-refractivity contribution in [3.8, 4) is 11.5 Å². The molecule has 3 aromatic rings. The second-order valence-corrected chi connectivity index (χ2v) is 11.0. The number of fused-ring (bicyclic) bond motifs is 1. The molecule has 9 nitrogen and oxygen atoms in total. The van der Waals surface area contributed by atoms with Gasteiger partial charge in [0.1, 0.15) is 11.8 Å². The summed E-state index contributed by atoms with van der Waals surface area (Å²) in [7, 11) is 0. The van der Waals surface area contributed by atoms with Crippen molar-refractivity contribution in [2.45, 2.75) is 31.2 Å². The summed E-state index contributed by atoms with van der Waals surface area (Å²) in [4.78, 5) is 43.8. The van der Waals surface area contributed by atoms with E-state index in [1.807, 2.05) is 18.2 Å². The van der Waals surface area contributed by atoms with Gasteiger partial charge in [0.05, 0.1) is 16.7 Å². The molecule has 1 N–H and O–H groups in total. The topological polar surface area (TPSA) is 97.4 Å². The monoisotopic (exact) mass is 595 g/mol. The molecule has 0 bridgehead atoms. The van der Waals surface area contributed by atoms with Crippen molar-refractivity contribution in [3.05, 3.63) is 93.5 Å². The minimum atomic E-state index is -1.03. The summed E-state index contributed by atoms with van der Waals surface area (Å²) in [6, 6.07) is 18.3. The highest BCUT2D eigenvalue weighted by Gasteiger charge is 2.54. The summed E-state index contributed by atoms with van der Waals surface area (Å²) in [6.45, 7) is 1.14. The zero-order valence-corrected chi connectivity index (χ0v) is 23.5. The normalized spacial score (nSPS) is 18.9. The number of carbonyl (C=O) groups is 3. The Morgan fingerprint density at radius 3 is 2.37 bits per heavy atom. The number of amides is 3. The maximum Gasteiger partial charge on any atom is 0.256 e. The van der Waals surface area contributed by atoms with Gasteiger partial charge < -0.3 is 24.4 Å². The van der Waals surface area contributed by atoms with Gasteiger partial charge in [0.15, 0.2) is 11.5 Å². The van der Waals surface area contributed by atoms with E-state index in [4.69, 9.17) is 37.4 Å². The Hall–Kier alpha value is -3.79. The van der Waals surface area contributed by atoms with Gasteiger partial charge in [-0.1, -0.05) is 47.5 Å². The number of nitrogens with zero attached hydrogens (tertiary/aromatic N) is 2. The van der Waals surface area contributed by atoms with Crippen LogP contribution in [0.15, 0.2) is 66.7 Å². The predicted octanol–water partition coefficient (Wildman–Crippen LogP) is 4.51. The van der Waals surface area contributed by atoms with Gasteiger partial charge in [-0.2, -0.15) is 0 Å². The molecule has 0 radical (unpaired) electrons. The molecule has 3 aromatic carbocycles. The smallest absolute Gasteiger partial charge is 0.256 e. The molecular weight excluding hydrogens is 569 g/mol. The van der Waals surface area contributed by atoms with Gasteiger partial charge >= 0.3 is 0 Å². The van der Waals surface area contributed by atoms with Crippen LogP contribution in [-0.2, 0) is 16.1 Å². The number of piperidine rings is 1. The second kappa shape index (κ2) is 11.2. The summed E-state index contributed by atoms with van der Waals surface area (Å²) in [5.74, 6) is 0.488. The average molecular weight is 596 g/mol. The molecule has 2 fully saturated rings. The van der Waals surface area contributed by atoms with Crippen LogP contribution in [0.4, 0.5) is 0 Å². The van der Waals surface area contributed by atoms with Crippen LogP contribution in [0.3, 0.4) is 0 Å². The summed E-state index contributed by atoms with van der Waals surface area (Å²) < 4.78 is 17.1. The van der Waals surface area contributed by atoms with E-state index >= 15 is 0 Å². The quantitative estimate of drug-likeness (QED) is 0.466. The summed E-state index contributed by atoms with van der Waals surface area (Å²) in [5, 5.41) is 3.63. The van der Waals surface area contributed by atoms with Crippen molar-refractivity contribution < 1.29 is 28.6 Å². The molecule has 3 aliphatic rings. The first-order chi connectivity index (χ1) is 19.8. The number of halogens is 2. The Balaban J connectivity index is 1.19. The Labute approximate surface area is 246 Å². The lowest BCUT2D eigenvalue weighted by atomic mass is 9.96. The maximum atomic E-state index is 13.9. The number of carbonyl (C=O) groups excluding carboxylic acids is 3. The summed E-state index contributed by atoms with van der Waals surface area (Å²) >= 11 is 12.1. The van der Waals surface area contributed by atoms with Gasteiger partial charge in [-0.25, -0.2) is 0 Å². The van der Waals surface area contributed by atoms with E-state index < -0.39 is 11.8 Å². The van der Waals surface area contributed by atoms with E-state index in [-0.39, 0.29) is 37.7 Å². The molecule has 3 amide bonds. The molecule has 212 valence electrons. The van der Waals surface area contributed by atoms with Gasteiger partial charge in [-0.3, -0.25) is 19.3 Å². The van der Waals surface area contributed by atoms with Crippen LogP contribution in [0.2, 0.25) is 10.0 Å². The highest BCUT2D eigenvalue weighted by molar-refractivity contribution is 6.42. The van der Waals surface area contributed by atoms with Crippen molar-refractivity contribution in [2.24, 2.45) is 0 Å². The summed E-state index contributed by atoms with van der Waals surface area (Å²) in [5.41, 5.74) is 0.703. The van der Waals surface area contributed by atoms with Crippen LogP contribution in [0.5, 0.6) is 11.5 Å². The number of likely N-dealkylation sites (tertiary alicyclic amines) is 1. The fourth-order valence-corrected chi connectivity index (χ4v) is 5.81. The highest BCUT2D eigenvalue weighted by atomic mass is 35.5. The predicted molar refractivity (Wildman–Crippen MR) is 151 cm³/mol. The zero-order valence-electron chi connectivity index (χ0n) is 22.0. The fraction of sp³-hybridized carbons (Fsp3) is 0.300. The van der Waals surface area contributed by atoms with E-state index in [1.54, 1.807) is 58.3 Å². The lowest BCUT2D eigenvalue weighted by Gasteiger charge is -2.44. The second-order valence-electron chi connectivity index (χ2n) is 10.1. The Morgan fingerprint density at radius 1 is 0.854 bits per heavy atom. The van der Waals surface area contributed by atoms with Crippen LogP contribution in [0.25, 0.3) is 0 Å². The minimum absolute atomic E-state index is 0.0479. The molecule has 2 saturated heterocycles. The number of nitrogens with one attached hydrogen (secondary N) is 1. The van der Waals surface area contributed by atoms with E-state index in [1.165, 1.54) is 0 Å². The molecule has 1 spiro atoms. The van der Waals surface area contributed by atoms with Crippen LogP contribution >= 0.6 is 23.2 Å². The van der Waals surface area contributed by atoms with Crippen molar-refractivity contribution >= 4 is 40.9 Å². The lowest BCUT2D eigenvalue weighted by Crippen LogP contribution is -2.59. The third-order valence-corrected chi connectivity index (χ3v) is 8.44. The number of rotatable bonds is 5. The van der Waals surface area contributed by atoms with Crippen molar-refractivity contribution in [3.63, 3.8) is 0 Å². The number of hydrogen-bond acceptors (Lipinski definition) is 6. The van der Waals surface area contributed by atoms with Crippen LogP contribution < -0.4 is 14.8 Å². The molecule has 41 heavy (non-hydrogen) atoms. The van der Waals surface area contributed by atoms with E-state index in [0.29, 0.717) is 58.6 Å². The maximum absolute atomic E-state index is 13.9. The third kappa shape index (κ3) is 5.32. The van der Waals surface area contributed by atoms with Gasteiger partial charge in [0.2, 0.25) is 12.7 Å². The average Bonchev–Trinajstić information content (AvgIpc) is 3.62. The third-order valence-electron chi connectivity index (χ3n) is 7.70. The van der Waals surface area contributed by atoms with E-state index in [2.05, 4.69) is 5.32 Å². The first-order valence-corrected chi connectivity index (χ1v) is 14.0. The van der Waals surface area contributed by atoms with Crippen molar-refractivity contribution in [2.75, 3.05) is 26.5 Å². The van der Waals surface area contributed by atoms with Crippen molar-refractivity contribution in [1.82, 2.24) is 15.1 Å². The fourth-order valence-electron chi connectivity index (χ4n) is 5.52. The van der Waals surface area contributed by atoms with Gasteiger partial charge in [-0.05, 0) is 48.0 Å². The lowest BCUT2D eigenvalue weighted by molar-refractivity contribution is -0.128. The first-order valence-electron chi connectivity index (χ1n) is 13.3. The number of ether oxygens (including phenoxy) is 3. The number of benzene rings is 3. The molecular formula is C30H27Cl2N3O6. The molecule has 6 rings (SSSR count). The van der Waals surface area contributed by atoms with Crippen LogP contribution in [-0.4, -0.2) is 65.8 Å². The molecule has 3 heterocycles. The van der Waals surface area contributed by atoms with Crippen LogP contribution in [0, 0.1) is 0 Å². The molecule has 1 atom stereocenters. The van der Waals surface area contributed by atoms with Gasteiger partial charge in [-0.15, -0.1) is 0 Å². The van der Waals surface area contributed by atoms with E-state index in [9.17, 15) is 14.4 Å². The largest absolute Gasteiger partial charge is 0.454 e.